The Labute approximate surface area is 214 Å². The number of aryl methyl sites for hydroxylation is 1. The topological polar surface area (TPSA) is 96.0 Å². The summed E-state index contributed by atoms with van der Waals surface area (Å²) in [5.74, 6) is -0.977. The van der Waals surface area contributed by atoms with Gasteiger partial charge >= 0.3 is 17.9 Å². The standard InChI is InChI=1S/C30H24O7/c1-4-24(31)19-22-8-6-21(7-9-22)10-17-29(33)37-27-16-15-26(18-20(27)3)36-30(34)23-11-13-25(14-12-23)35-28(32)5-2/h4-18H,1-2,19H2,3H3/b17-10+. The highest BCUT2D eigenvalue weighted by atomic mass is 16.5. The molecule has 0 radical (unpaired) electrons. The van der Waals surface area contributed by atoms with Crippen LogP contribution in [0, 0.1) is 6.92 Å². The van der Waals surface area contributed by atoms with Crippen LogP contribution in [0.1, 0.15) is 27.0 Å². The first-order valence-corrected chi connectivity index (χ1v) is 11.2. The van der Waals surface area contributed by atoms with Crippen LogP contribution < -0.4 is 14.2 Å². The quantitative estimate of drug-likeness (QED) is 0.216. The lowest BCUT2D eigenvalue weighted by Crippen LogP contribution is -2.09. The number of carbonyl (C=O) groups excluding carboxylic acids is 4. The van der Waals surface area contributed by atoms with Gasteiger partial charge in [0.15, 0.2) is 5.78 Å². The van der Waals surface area contributed by atoms with Crippen LogP contribution in [-0.4, -0.2) is 23.7 Å². The molecule has 0 atom stereocenters. The number of carbonyl (C=O) groups is 4. The Morgan fingerprint density at radius 3 is 2.05 bits per heavy atom. The van der Waals surface area contributed by atoms with Gasteiger partial charge in [0.1, 0.15) is 17.2 Å². The molecular formula is C30H24O7. The van der Waals surface area contributed by atoms with Crippen molar-refractivity contribution in [2.75, 3.05) is 0 Å². The number of hydrogen-bond acceptors (Lipinski definition) is 7. The Balaban J connectivity index is 1.56. The van der Waals surface area contributed by atoms with Gasteiger partial charge in [-0.25, -0.2) is 14.4 Å². The van der Waals surface area contributed by atoms with E-state index in [-0.39, 0.29) is 29.3 Å². The van der Waals surface area contributed by atoms with Crippen LogP contribution in [0.2, 0.25) is 0 Å². The molecule has 3 aromatic carbocycles. The first-order valence-electron chi connectivity index (χ1n) is 11.2. The fourth-order valence-electron chi connectivity index (χ4n) is 3.11. The minimum Gasteiger partial charge on any atom is -0.423 e. The van der Waals surface area contributed by atoms with E-state index in [0.717, 1.165) is 17.2 Å². The normalized spacial score (nSPS) is 10.4. The average Bonchev–Trinajstić information content (AvgIpc) is 2.90. The third-order valence-electron chi connectivity index (χ3n) is 5.04. The van der Waals surface area contributed by atoms with E-state index in [4.69, 9.17) is 14.2 Å². The van der Waals surface area contributed by atoms with Crippen molar-refractivity contribution in [3.05, 3.63) is 120 Å². The minimum absolute atomic E-state index is 0.0644. The SMILES string of the molecule is C=CC(=O)Cc1ccc(/C=C/C(=O)Oc2ccc(OC(=O)c3ccc(OC(=O)C=C)cc3)cc2C)cc1. The summed E-state index contributed by atoms with van der Waals surface area (Å²) >= 11 is 0. The number of ketones is 1. The Bertz CT molecular complexity index is 1360. The number of ether oxygens (including phenoxy) is 3. The van der Waals surface area contributed by atoms with E-state index in [0.29, 0.717) is 11.3 Å². The highest BCUT2D eigenvalue weighted by molar-refractivity contribution is 5.92. The second-order valence-corrected chi connectivity index (χ2v) is 7.81. The van der Waals surface area contributed by atoms with Crippen LogP contribution >= 0.6 is 0 Å². The van der Waals surface area contributed by atoms with Gasteiger partial charge in [0.25, 0.3) is 0 Å². The number of rotatable bonds is 10. The van der Waals surface area contributed by atoms with Gasteiger partial charge in [0.05, 0.1) is 5.56 Å². The molecule has 3 aromatic rings. The van der Waals surface area contributed by atoms with E-state index < -0.39 is 17.9 Å². The molecule has 0 N–H and O–H groups in total. The van der Waals surface area contributed by atoms with Gasteiger partial charge in [0.2, 0.25) is 0 Å². The molecule has 0 saturated heterocycles. The van der Waals surface area contributed by atoms with Gasteiger partial charge in [-0.1, -0.05) is 37.4 Å². The van der Waals surface area contributed by atoms with Crippen molar-refractivity contribution in [2.24, 2.45) is 0 Å². The van der Waals surface area contributed by atoms with Crippen molar-refractivity contribution < 1.29 is 33.4 Å². The molecule has 0 aliphatic rings. The third-order valence-corrected chi connectivity index (χ3v) is 5.04. The van der Waals surface area contributed by atoms with Crippen LogP contribution in [0.4, 0.5) is 0 Å². The van der Waals surface area contributed by atoms with Gasteiger partial charge in [0, 0.05) is 18.6 Å². The maximum absolute atomic E-state index is 12.4. The summed E-state index contributed by atoms with van der Waals surface area (Å²) in [6.45, 7) is 8.50. The van der Waals surface area contributed by atoms with Crippen LogP contribution in [0.15, 0.2) is 98.1 Å². The van der Waals surface area contributed by atoms with E-state index in [2.05, 4.69) is 13.2 Å². The molecule has 0 aromatic heterocycles. The Kier molecular flexibility index (Phi) is 9.05. The molecule has 0 unspecified atom stereocenters. The molecule has 0 spiro atoms. The van der Waals surface area contributed by atoms with Gasteiger partial charge in [-0.05, 0) is 78.2 Å². The van der Waals surface area contributed by atoms with Gasteiger partial charge in [-0.2, -0.15) is 0 Å². The highest BCUT2D eigenvalue weighted by Crippen LogP contribution is 2.25. The molecule has 7 nitrogen and oxygen atoms in total. The maximum Gasteiger partial charge on any atom is 0.343 e. The molecule has 0 aliphatic heterocycles. The van der Waals surface area contributed by atoms with Crippen LogP contribution in [0.3, 0.4) is 0 Å². The monoisotopic (exact) mass is 496 g/mol. The zero-order valence-electron chi connectivity index (χ0n) is 20.1. The summed E-state index contributed by atoms with van der Waals surface area (Å²) in [6.07, 6.45) is 5.51. The molecule has 0 fully saturated rings. The zero-order chi connectivity index (χ0) is 26.8. The van der Waals surface area contributed by atoms with Crippen molar-refractivity contribution in [3.63, 3.8) is 0 Å². The predicted octanol–water partition coefficient (Wildman–Crippen LogP) is 5.22. The van der Waals surface area contributed by atoms with Gasteiger partial charge < -0.3 is 14.2 Å². The van der Waals surface area contributed by atoms with Crippen molar-refractivity contribution in [1.82, 2.24) is 0 Å². The number of allylic oxidation sites excluding steroid dienone is 1. The smallest absolute Gasteiger partial charge is 0.343 e. The van der Waals surface area contributed by atoms with Crippen LogP contribution in [-0.2, 0) is 20.8 Å². The maximum atomic E-state index is 12.4. The molecule has 0 amide bonds. The van der Waals surface area contributed by atoms with E-state index in [1.165, 1.54) is 48.6 Å². The Hall–Kier alpha value is -5.04. The average molecular weight is 497 g/mol. The van der Waals surface area contributed by atoms with Gasteiger partial charge in [-0.3, -0.25) is 4.79 Å². The lowest BCUT2D eigenvalue weighted by atomic mass is 10.1. The van der Waals surface area contributed by atoms with Crippen LogP contribution in [0.5, 0.6) is 17.2 Å². The Morgan fingerprint density at radius 1 is 0.757 bits per heavy atom. The van der Waals surface area contributed by atoms with E-state index in [1.807, 2.05) is 12.1 Å². The van der Waals surface area contributed by atoms with Crippen molar-refractivity contribution in [1.29, 1.82) is 0 Å². The van der Waals surface area contributed by atoms with Crippen molar-refractivity contribution >= 4 is 29.8 Å². The molecule has 3 rings (SSSR count). The lowest BCUT2D eigenvalue weighted by molar-refractivity contribution is -0.129. The van der Waals surface area contributed by atoms with E-state index in [9.17, 15) is 19.2 Å². The molecule has 186 valence electrons. The fourth-order valence-corrected chi connectivity index (χ4v) is 3.11. The van der Waals surface area contributed by atoms with Crippen LogP contribution in [0.25, 0.3) is 6.08 Å². The Morgan fingerprint density at radius 2 is 1.43 bits per heavy atom. The zero-order valence-corrected chi connectivity index (χ0v) is 20.1. The van der Waals surface area contributed by atoms with Crippen molar-refractivity contribution in [3.8, 4) is 17.2 Å². The van der Waals surface area contributed by atoms with Crippen molar-refractivity contribution in [2.45, 2.75) is 13.3 Å². The molecule has 0 aliphatic carbocycles. The molecule has 0 saturated carbocycles. The lowest BCUT2D eigenvalue weighted by Gasteiger charge is -2.09. The molecule has 37 heavy (non-hydrogen) atoms. The van der Waals surface area contributed by atoms with E-state index in [1.54, 1.807) is 31.2 Å². The second kappa shape index (κ2) is 12.6. The third kappa shape index (κ3) is 8.00. The number of esters is 3. The molecular weight excluding hydrogens is 472 g/mol. The summed E-state index contributed by atoms with van der Waals surface area (Å²) < 4.78 is 15.7. The van der Waals surface area contributed by atoms with E-state index >= 15 is 0 Å². The van der Waals surface area contributed by atoms with Gasteiger partial charge in [-0.15, -0.1) is 0 Å². The second-order valence-electron chi connectivity index (χ2n) is 7.81. The predicted molar refractivity (Wildman–Crippen MR) is 138 cm³/mol. The fraction of sp³-hybridized carbons (Fsp3) is 0.0667. The largest absolute Gasteiger partial charge is 0.423 e. The minimum atomic E-state index is -0.603. The first kappa shape index (κ1) is 26.6. The summed E-state index contributed by atoms with van der Waals surface area (Å²) in [4.78, 5) is 47.4. The summed E-state index contributed by atoms with van der Waals surface area (Å²) in [5, 5.41) is 0. The first-order chi connectivity index (χ1) is 17.8. The summed E-state index contributed by atoms with van der Waals surface area (Å²) in [7, 11) is 0. The molecule has 7 heteroatoms. The number of benzene rings is 3. The highest BCUT2D eigenvalue weighted by Gasteiger charge is 2.12. The summed E-state index contributed by atoms with van der Waals surface area (Å²) in [5.41, 5.74) is 2.48. The molecule has 0 bridgehead atoms. The summed E-state index contributed by atoms with van der Waals surface area (Å²) in [6, 6.07) is 17.7. The molecule has 0 heterocycles. The number of hydrogen-bond donors (Lipinski definition) is 0.